The maximum absolute atomic E-state index is 4.39. The predicted molar refractivity (Wildman–Crippen MR) is 66.8 cm³/mol. The van der Waals surface area contributed by atoms with E-state index in [1.807, 2.05) is 36.4 Å². The molecule has 16 heavy (non-hydrogen) atoms. The van der Waals surface area contributed by atoms with E-state index in [4.69, 9.17) is 0 Å². The van der Waals surface area contributed by atoms with Gasteiger partial charge >= 0.3 is 0 Å². The summed E-state index contributed by atoms with van der Waals surface area (Å²) < 4.78 is 0. The average molecular weight is 212 g/mol. The molecule has 1 aromatic rings. The van der Waals surface area contributed by atoms with Gasteiger partial charge in [0.1, 0.15) is 0 Å². The highest BCUT2D eigenvalue weighted by Gasteiger charge is 2.26. The fourth-order valence-corrected chi connectivity index (χ4v) is 1.63. The lowest BCUT2D eigenvalue weighted by Gasteiger charge is -2.26. The Morgan fingerprint density at radius 1 is 1.06 bits per heavy atom. The summed E-state index contributed by atoms with van der Waals surface area (Å²) in [5.74, 6) is 0. The van der Waals surface area contributed by atoms with Crippen LogP contribution in [0.1, 0.15) is 13.8 Å². The van der Waals surface area contributed by atoms with Crippen LogP contribution in [0.3, 0.4) is 0 Å². The molecule has 0 bridgehead atoms. The molecule has 0 saturated carbocycles. The number of allylic oxidation sites excluding steroid dienone is 2. The Hall–Kier alpha value is -1.70. The van der Waals surface area contributed by atoms with Gasteiger partial charge in [-0.15, -0.1) is 0 Å². The van der Waals surface area contributed by atoms with Gasteiger partial charge in [-0.3, -0.25) is 0 Å². The van der Waals surface area contributed by atoms with Gasteiger partial charge in [0.25, 0.3) is 0 Å². The van der Waals surface area contributed by atoms with Gasteiger partial charge in [0.2, 0.25) is 0 Å². The minimum Gasteiger partial charge on any atom is -0.180 e. The third-order valence-electron chi connectivity index (χ3n) is 2.75. The molecule has 2 nitrogen and oxygen atoms in total. The monoisotopic (exact) mass is 212 g/mol. The van der Waals surface area contributed by atoms with E-state index >= 15 is 0 Å². The molecule has 1 unspecified atom stereocenters. The van der Waals surface area contributed by atoms with Gasteiger partial charge < -0.3 is 0 Å². The molecule has 0 spiro atoms. The van der Waals surface area contributed by atoms with Gasteiger partial charge in [-0.25, -0.2) is 0 Å². The second-order valence-corrected chi connectivity index (χ2v) is 4.56. The SMILES string of the molecule is CC1(C)C=CC=CC1N=Nc1ccccc1. The summed E-state index contributed by atoms with van der Waals surface area (Å²) in [6.45, 7) is 4.34. The molecule has 0 heterocycles. The van der Waals surface area contributed by atoms with Crippen LogP contribution >= 0.6 is 0 Å². The molecule has 1 aromatic carbocycles. The Balaban J connectivity index is 2.13. The molecule has 0 amide bonds. The minimum atomic E-state index is 0.0486. The Labute approximate surface area is 96.4 Å². The fraction of sp³-hybridized carbons (Fsp3) is 0.286. The molecule has 0 N–H and O–H groups in total. The fourth-order valence-electron chi connectivity index (χ4n) is 1.63. The zero-order chi connectivity index (χ0) is 11.4. The predicted octanol–water partition coefficient (Wildman–Crippen LogP) is 4.29. The first-order valence-electron chi connectivity index (χ1n) is 5.50. The van der Waals surface area contributed by atoms with Gasteiger partial charge in [0, 0.05) is 5.41 Å². The van der Waals surface area contributed by atoms with Crippen molar-refractivity contribution in [2.24, 2.45) is 15.6 Å². The molecule has 0 aromatic heterocycles. The van der Waals surface area contributed by atoms with Crippen LogP contribution in [0.5, 0.6) is 0 Å². The molecule has 1 atom stereocenters. The Morgan fingerprint density at radius 3 is 2.50 bits per heavy atom. The van der Waals surface area contributed by atoms with Crippen LogP contribution in [0, 0.1) is 5.41 Å². The van der Waals surface area contributed by atoms with Crippen LogP contribution in [-0.4, -0.2) is 6.04 Å². The molecule has 82 valence electrons. The van der Waals surface area contributed by atoms with E-state index in [9.17, 15) is 0 Å². The second-order valence-electron chi connectivity index (χ2n) is 4.56. The van der Waals surface area contributed by atoms with Crippen LogP contribution in [0.4, 0.5) is 5.69 Å². The van der Waals surface area contributed by atoms with Crippen molar-refractivity contribution in [2.45, 2.75) is 19.9 Å². The summed E-state index contributed by atoms with van der Waals surface area (Å²) in [4.78, 5) is 0. The van der Waals surface area contributed by atoms with E-state index in [1.165, 1.54) is 0 Å². The summed E-state index contributed by atoms with van der Waals surface area (Å²) in [5, 5.41) is 8.66. The van der Waals surface area contributed by atoms with E-state index < -0.39 is 0 Å². The molecule has 2 rings (SSSR count). The van der Waals surface area contributed by atoms with Crippen molar-refractivity contribution in [1.29, 1.82) is 0 Å². The Kier molecular flexibility index (Phi) is 3.00. The van der Waals surface area contributed by atoms with Crippen LogP contribution in [0.15, 0.2) is 64.9 Å². The molecular weight excluding hydrogens is 196 g/mol. The highest BCUT2D eigenvalue weighted by molar-refractivity contribution is 5.35. The Bertz CT molecular complexity index is 427. The van der Waals surface area contributed by atoms with E-state index in [0.717, 1.165) is 5.69 Å². The van der Waals surface area contributed by atoms with Gasteiger partial charge in [-0.1, -0.05) is 56.4 Å². The third-order valence-corrected chi connectivity index (χ3v) is 2.75. The molecule has 0 fully saturated rings. The first-order chi connectivity index (χ1) is 7.68. The van der Waals surface area contributed by atoms with Crippen molar-refractivity contribution in [3.05, 3.63) is 54.6 Å². The number of rotatable bonds is 2. The van der Waals surface area contributed by atoms with Gasteiger partial charge in [-0.05, 0) is 12.1 Å². The zero-order valence-corrected chi connectivity index (χ0v) is 9.67. The van der Waals surface area contributed by atoms with E-state index in [0.29, 0.717) is 0 Å². The van der Waals surface area contributed by atoms with Crippen molar-refractivity contribution in [3.63, 3.8) is 0 Å². The van der Waals surface area contributed by atoms with Gasteiger partial charge in [-0.2, -0.15) is 10.2 Å². The number of hydrogen-bond acceptors (Lipinski definition) is 2. The van der Waals surface area contributed by atoms with Crippen LogP contribution < -0.4 is 0 Å². The summed E-state index contributed by atoms with van der Waals surface area (Å²) >= 11 is 0. The zero-order valence-electron chi connectivity index (χ0n) is 9.67. The topological polar surface area (TPSA) is 24.7 Å². The van der Waals surface area contributed by atoms with Crippen molar-refractivity contribution < 1.29 is 0 Å². The van der Waals surface area contributed by atoms with E-state index in [1.54, 1.807) is 0 Å². The van der Waals surface area contributed by atoms with Crippen molar-refractivity contribution in [1.82, 2.24) is 0 Å². The second kappa shape index (κ2) is 4.44. The van der Waals surface area contributed by atoms with Crippen molar-refractivity contribution in [2.75, 3.05) is 0 Å². The first kappa shape index (κ1) is 10.8. The molecule has 0 radical (unpaired) electrons. The number of hydrogen-bond donors (Lipinski definition) is 0. The molecule has 1 aliphatic carbocycles. The molecular formula is C14H16N2. The number of azo groups is 1. The van der Waals surface area contributed by atoms with Crippen LogP contribution in [0.25, 0.3) is 0 Å². The number of nitrogens with zero attached hydrogens (tertiary/aromatic N) is 2. The van der Waals surface area contributed by atoms with Gasteiger partial charge in [0.05, 0.1) is 11.7 Å². The van der Waals surface area contributed by atoms with Crippen LogP contribution in [0.2, 0.25) is 0 Å². The standard InChI is InChI=1S/C14H16N2/c1-14(2)11-7-6-10-13(14)16-15-12-8-4-3-5-9-12/h3-11,13H,1-2H3. The smallest absolute Gasteiger partial charge is 0.0981 e. The van der Waals surface area contributed by atoms with Crippen LogP contribution in [-0.2, 0) is 0 Å². The molecule has 2 heteroatoms. The molecule has 1 aliphatic rings. The highest BCUT2D eigenvalue weighted by Crippen LogP contribution is 2.30. The van der Waals surface area contributed by atoms with Gasteiger partial charge in [0.15, 0.2) is 0 Å². The van der Waals surface area contributed by atoms with E-state index in [-0.39, 0.29) is 11.5 Å². The number of benzene rings is 1. The lowest BCUT2D eigenvalue weighted by molar-refractivity contribution is 0.412. The first-order valence-corrected chi connectivity index (χ1v) is 5.50. The minimum absolute atomic E-state index is 0.0486. The normalized spacial score (nSPS) is 22.8. The summed E-state index contributed by atoms with van der Waals surface area (Å²) in [6, 6.07) is 9.95. The maximum Gasteiger partial charge on any atom is 0.0981 e. The summed E-state index contributed by atoms with van der Waals surface area (Å²) in [5.41, 5.74) is 0.953. The lowest BCUT2D eigenvalue weighted by atomic mass is 9.82. The quantitative estimate of drug-likeness (QED) is 0.653. The summed E-state index contributed by atoms with van der Waals surface area (Å²) in [6.07, 6.45) is 8.35. The van der Waals surface area contributed by atoms with Crippen molar-refractivity contribution >= 4 is 5.69 Å². The molecule has 0 saturated heterocycles. The third kappa shape index (κ3) is 2.45. The highest BCUT2D eigenvalue weighted by atomic mass is 15.1. The Morgan fingerprint density at radius 2 is 1.81 bits per heavy atom. The summed E-state index contributed by atoms with van der Waals surface area (Å²) in [7, 11) is 0. The molecule has 0 aliphatic heterocycles. The largest absolute Gasteiger partial charge is 0.180 e. The maximum atomic E-state index is 4.39. The average Bonchev–Trinajstić information content (AvgIpc) is 2.28. The van der Waals surface area contributed by atoms with Crippen molar-refractivity contribution in [3.8, 4) is 0 Å². The lowest BCUT2D eigenvalue weighted by Crippen LogP contribution is -2.24. The van der Waals surface area contributed by atoms with E-state index in [2.05, 4.69) is 42.3 Å².